The largest absolute Gasteiger partial charge is 0.468 e. The topological polar surface area (TPSA) is 29.5 Å². The van der Waals surface area contributed by atoms with Crippen LogP contribution in [-0.4, -0.2) is 30.6 Å². The molecule has 0 aliphatic heterocycles. The maximum atomic E-state index is 13.3. The van der Waals surface area contributed by atoms with Gasteiger partial charge in [-0.2, -0.15) is 0 Å². The predicted octanol–water partition coefficient (Wildman–Crippen LogP) is 2.97. The molecule has 0 saturated carbocycles. The maximum absolute atomic E-state index is 13.3. The number of carbonyl (C=O) groups excluding carboxylic acids is 1. The highest BCUT2D eigenvalue weighted by molar-refractivity contribution is 9.10. The van der Waals surface area contributed by atoms with Crippen LogP contribution in [0, 0.1) is 5.82 Å². The highest BCUT2D eigenvalue weighted by Crippen LogP contribution is 2.17. The normalized spacial score (nSPS) is 11.1. The zero-order chi connectivity index (χ0) is 13.7. The molecule has 0 radical (unpaired) electrons. The van der Waals surface area contributed by atoms with Gasteiger partial charge >= 0.3 is 5.97 Å². The fraction of sp³-hybridized carbons (Fsp3) is 0.462. The van der Waals surface area contributed by atoms with E-state index in [0.717, 1.165) is 5.56 Å². The number of benzene rings is 1. The predicted molar refractivity (Wildman–Crippen MR) is 71.7 cm³/mol. The first-order chi connectivity index (χ1) is 8.42. The molecule has 5 heteroatoms. The fourth-order valence-electron chi connectivity index (χ4n) is 1.59. The number of halogens is 2. The van der Waals surface area contributed by atoms with Crippen molar-refractivity contribution in [2.24, 2.45) is 0 Å². The smallest absolute Gasteiger partial charge is 0.319 e. The standard InChI is InChI=1S/C13H17BrFNO2/c1-9(2)16(8-13(17)18-3)7-10-4-11(14)6-12(15)5-10/h4-6,9H,7-8H2,1-3H3. The van der Waals surface area contributed by atoms with E-state index >= 15 is 0 Å². The number of ether oxygens (including phenoxy) is 1. The summed E-state index contributed by atoms with van der Waals surface area (Å²) >= 11 is 3.25. The van der Waals surface area contributed by atoms with Crippen LogP contribution in [0.25, 0.3) is 0 Å². The van der Waals surface area contributed by atoms with Crippen molar-refractivity contribution in [3.8, 4) is 0 Å². The first-order valence-corrected chi connectivity index (χ1v) is 6.47. The minimum atomic E-state index is -0.292. The molecule has 100 valence electrons. The van der Waals surface area contributed by atoms with Crippen molar-refractivity contribution in [2.75, 3.05) is 13.7 Å². The molecule has 1 aromatic carbocycles. The van der Waals surface area contributed by atoms with Gasteiger partial charge in [-0.3, -0.25) is 9.69 Å². The number of hydrogen-bond acceptors (Lipinski definition) is 3. The summed E-state index contributed by atoms with van der Waals surface area (Å²) in [5.41, 5.74) is 0.819. The van der Waals surface area contributed by atoms with Crippen LogP contribution in [0.5, 0.6) is 0 Å². The number of carbonyl (C=O) groups is 1. The highest BCUT2D eigenvalue weighted by Gasteiger charge is 2.15. The Bertz CT molecular complexity index is 403. The minimum absolute atomic E-state index is 0.172. The molecule has 0 aliphatic rings. The third kappa shape index (κ3) is 4.74. The zero-order valence-corrected chi connectivity index (χ0v) is 12.3. The Morgan fingerprint density at radius 1 is 1.44 bits per heavy atom. The first kappa shape index (κ1) is 15.1. The van der Waals surface area contributed by atoms with Crippen molar-refractivity contribution in [3.05, 3.63) is 34.1 Å². The fourth-order valence-corrected chi connectivity index (χ4v) is 2.10. The van der Waals surface area contributed by atoms with Crippen LogP contribution >= 0.6 is 15.9 Å². The molecule has 0 N–H and O–H groups in total. The molecule has 0 heterocycles. The lowest BCUT2D eigenvalue weighted by atomic mass is 10.2. The lowest BCUT2D eigenvalue weighted by Crippen LogP contribution is -2.35. The van der Waals surface area contributed by atoms with Crippen LogP contribution < -0.4 is 0 Å². The van der Waals surface area contributed by atoms with Crippen molar-refractivity contribution in [2.45, 2.75) is 26.4 Å². The quantitative estimate of drug-likeness (QED) is 0.782. The summed E-state index contributed by atoms with van der Waals surface area (Å²) in [4.78, 5) is 13.2. The van der Waals surface area contributed by atoms with Gasteiger partial charge in [-0.25, -0.2) is 4.39 Å². The number of esters is 1. The molecule has 0 aromatic heterocycles. The molecule has 0 bridgehead atoms. The van der Waals surface area contributed by atoms with Crippen molar-refractivity contribution in [1.29, 1.82) is 0 Å². The van der Waals surface area contributed by atoms with Gasteiger partial charge in [0, 0.05) is 17.1 Å². The van der Waals surface area contributed by atoms with Gasteiger partial charge in [-0.1, -0.05) is 15.9 Å². The average molecular weight is 318 g/mol. The third-order valence-corrected chi connectivity index (χ3v) is 3.06. The number of nitrogens with zero attached hydrogens (tertiary/aromatic N) is 1. The molecule has 0 unspecified atom stereocenters. The number of hydrogen-bond donors (Lipinski definition) is 0. The first-order valence-electron chi connectivity index (χ1n) is 5.68. The zero-order valence-electron chi connectivity index (χ0n) is 10.7. The van der Waals surface area contributed by atoms with Crippen molar-refractivity contribution in [1.82, 2.24) is 4.90 Å². The van der Waals surface area contributed by atoms with Gasteiger partial charge in [-0.15, -0.1) is 0 Å². The van der Waals surface area contributed by atoms with Crippen LogP contribution in [-0.2, 0) is 16.1 Å². The van der Waals surface area contributed by atoms with Crippen molar-refractivity contribution >= 4 is 21.9 Å². The summed E-state index contributed by atoms with van der Waals surface area (Å²) in [6.45, 7) is 4.67. The molecular weight excluding hydrogens is 301 g/mol. The van der Waals surface area contributed by atoms with Gasteiger partial charge in [0.1, 0.15) is 5.82 Å². The van der Waals surface area contributed by atoms with Gasteiger partial charge < -0.3 is 4.74 Å². The molecule has 1 rings (SSSR count). The summed E-state index contributed by atoms with van der Waals surface area (Å²) in [6, 6.07) is 4.89. The number of methoxy groups -OCH3 is 1. The summed E-state index contributed by atoms with van der Waals surface area (Å²) in [5.74, 6) is -0.583. The molecule has 1 aromatic rings. The van der Waals surface area contributed by atoms with Crippen molar-refractivity contribution < 1.29 is 13.9 Å². The summed E-state index contributed by atoms with van der Waals surface area (Å²) in [5, 5.41) is 0. The van der Waals surface area contributed by atoms with E-state index in [1.165, 1.54) is 19.2 Å². The van der Waals surface area contributed by atoms with Gasteiger partial charge in [0.25, 0.3) is 0 Å². The maximum Gasteiger partial charge on any atom is 0.319 e. The van der Waals surface area contributed by atoms with Crippen LogP contribution in [0.2, 0.25) is 0 Å². The molecule has 0 atom stereocenters. The van der Waals surface area contributed by atoms with Gasteiger partial charge in [0.2, 0.25) is 0 Å². The molecule has 18 heavy (non-hydrogen) atoms. The molecule has 0 saturated heterocycles. The van der Waals surface area contributed by atoms with Gasteiger partial charge in [0.05, 0.1) is 13.7 Å². The van der Waals surface area contributed by atoms with E-state index in [-0.39, 0.29) is 24.4 Å². The highest BCUT2D eigenvalue weighted by atomic mass is 79.9. The molecular formula is C13H17BrFNO2. The Balaban J connectivity index is 2.79. The Kier molecular flexibility index (Phi) is 5.75. The summed E-state index contributed by atoms with van der Waals surface area (Å²) < 4.78 is 18.6. The molecule has 0 aliphatic carbocycles. The van der Waals surface area contributed by atoms with E-state index in [2.05, 4.69) is 20.7 Å². The Morgan fingerprint density at radius 3 is 2.61 bits per heavy atom. The Labute approximate surface area is 115 Å². The molecule has 0 fully saturated rings. The summed E-state index contributed by atoms with van der Waals surface area (Å²) in [6.07, 6.45) is 0. The minimum Gasteiger partial charge on any atom is -0.468 e. The molecule has 0 spiro atoms. The number of rotatable bonds is 5. The average Bonchev–Trinajstić information content (AvgIpc) is 2.26. The second-order valence-electron chi connectivity index (χ2n) is 4.35. The SMILES string of the molecule is COC(=O)CN(Cc1cc(F)cc(Br)c1)C(C)C. The lowest BCUT2D eigenvalue weighted by molar-refractivity contribution is -0.142. The monoisotopic (exact) mass is 317 g/mol. The second kappa shape index (κ2) is 6.85. The van der Waals surface area contributed by atoms with Gasteiger partial charge in [0.15, 0.2) is 0 Å². The van der Waals surface area contributed by atoms with E-state index in [9.17, 15) is 9.18 Å². The molecule has 0 amide bonds. The van der Waals surface area contributed by atoms with Crippen LogP contribution in [0.3, 0.4) is 0 Å². The van der Waals surface area contributed by atoms with E-state index in [4.69, 9.17) is 0 Å². The summed E-state index contributed by atoms with van der Waals surface area (Å²) in [7, 11) is 1.36. The Hall–Kier alpha value is -0.940. The van der Waals surface area contributed by atoms with Gasteiger partial charge in [-0.05, 0) is 37.6 Å². The van der Waals surface area contributed by atoms with E-state index in [1.807, 2.05) is 24.8 Å². The second-order valence-corrected chi connectivity index (χ2v) is 5.27. The lowest BCUT2D eigenvalue weighted by Gasteiger charge is -2.25. The van der Waals surface area contributed by atoms with E-state index in [0.29, 0.717) is 11.0 Å². The van der Waals surface area contributed by atoms with Crippen LogP contribution in [0.4, 0.5) is 4.39 Å². The van der Waals surface area contributed by atoms with Crippen molar-refractivity contribution in [3.63, 3.8) is 0 Å². The van der Waals surface area contributed by atoms with E-state index < -0.39 is 0 Å². The Morgan fingerprint density at radius 2 is 2.11 bits per heavy atom. The van der Waals surface area contributed by atoms with Crippen LogP contribution in [0.1, 0.15) is 19.4 Å². The van der Waals surface area contributed by atoms with Crippen LogP contribution in [0.15, 0.2) is 22.7 Å². The van der Waals surface area contributed by atoms with E-state index in [1.54, 1.807) is 0 Å². The molecule has 3 nitrogen and oxygen atoms in total. The third-order valence-electron chi connectivity index (χ3n) is 2.60.